The van der Waals surface area contributed by atoms with Crippen LogP contribution in [0, 0.1) is 10.1 Å². The molecule has 11 heteroatoms. The highest BCUT2D eigenvalue weighted by Crippen LogP contribution is 2.41. The van der Waals surface area contributed by atoms with E-state index in [1.54, 1.807) is 24.3 Å². The van der Waals surface area contributed by atoms with Crippen LogP contribution >= 0.6 is 23.2 Å². The number of hydrogen-bond donors (Lipinski definition) is 0. The van der Waals surface area contributed by atoms with Gasteiger partial charge in [-0.05, 0) is 41.3 Å². The van der Waals surface area contributed by atoms with Crippen molar-refractivity contribution in [1.82, 2.24) is 4.90 Å². The largest absolute Gasteiger partial charge is 0.454 e. The van der Waals surface area contributed by atoms with Crippen LogP contribution in [0.3, 0.4) is 0 Å². The van der Waals surface area contributed by atoms with Gasteiger partial charge in [-0.3, -0.25) is 15.0 Å². The molecule has 6 nitrogen and oxygen atoms in total. The molecular formula is C24H17Cl2F3N2O4. The van der Waals surface area contributed by atoms with Crippen molar-refractivity contribution in [2.45, 2.75) is 25.2 Å². The van der Waals surface area contributed by atoms with Crippen LogP contribution < -0.4 is 4.74 Å². The van der Waals surface area contributed by atoms with E-state index in [-0.39, 0.29) is 28.0 Å². The van der Waals surface area contributed by atoms with Crippen LogP contribution in [-0.4, -0.2) is 22.7 Å². The number of nitrogens with zero attached hydrogens (tertiary/aromatic N) is 2. The van der Waals surface area contributed by atoms with Gasteiger partial charge in [0.25, 0.3) is 5.69 Å². The summed E-state index contributed by atoms with van der Waals surface area (Å²) in [5.74, 6) is 0.435. The molecule has 0 radical (unpaired) electrons. The van der Waals surface area contributed by atoms with Crippen molar-refractivity contribution in [2.24, 2.45) is 0 Å². The van der Waals surface area contributed by atoms with Gasteiger partial charge in [-0.15, -0.1) is 0 Å². The van der Waals surface area contributed by atoms with Gasteiger partial charge in [0, 0.05) is 25.2 Å². The highest BCUT2D eigenvalue weighted by molar-refractivity contribution is 6.37. The Kier molecular flexibility index (Phi) is 7.02. The summed E-state index contributed by atoms with van der Waals surface area (Å²) in [5.41, 5.74) is 0.992. The highest BCUT2D eigenvalue weighted by Gasteiger charge is 2.32. The first-order valence-electron chi connectivity index (χ1n) is 10.4. The summed E-state index contributed by atoms with van der Waals surface area (Å²) in [6, 6.07) is 11.7. The van der Waals surface area contributed by atoms with Crippen LogP contribution in [0.1, 0.15) is 28.3 Å². The van der Waals surface area contributed by atoms with E-state index in [0.29, 0.717) is 29.8 Å². The van der Waals surface area contributed by atoms with Crippen LogP contribution in [0.4, 0.5) is 18.9 Å². The first kappa shape index (κ1) is 25.0. The Labute approximate surface area is 208 Å². The zero-order chi connectivity index (χ0) is 25.3. The molecule has 0 saturated carbocycles. The molecule has 0 aromatic heterocycles. The topological polar surface area (TPSA) is 72.7 Å². The van der Waals surface area contributed by atoms with Gasteiger partial charge >= 0.3 is 6.18 Å². The number of rotatable bonds is 6. The second-order valence-corrected chi connectivity index (χ2v) is 8.77. The van der Waals surface area contributed by atoms with E-state index in [4.69, 9.17) is 27.9 Å². The second kappa shape index (κ2) is 9.85. The first-order valence-corrected chi connectivity index (χ1v) is 11.1. The minimum absolute atomic E-state index is 0.0278. The van der Waals surface area contributed by atoms with Crippen molar-refractivity contribution in [3.8, 4) is 11.5 Å². The maximum absolute atomic E-state index is 13.1. The third kappa shape index (κ3) is 5.42. The minimum Gasteiger partial charge on any atom is -0.454 e. The highest BCUT2D eigenvalue weighted by atomic mass is 35.5. The molecular weight excluding hydrogens is 508 g/mol. The average molecular weight is 525 g/mol. The normalized spacial score (nSPS) is 16.0. The quantitative estimate of drug-likeness (QED) is 0.197. The van der Waals surface area contributed by atoms with E-state index >= 15 is 0 Å². The van der Waals surface area contributed by atoms with Crippen LogP contribution in [0.2, 0.25) is 10.0 Å². The van der Waals surface area contributed by atoms with Crippen LogP contribution in [-0.2, 0) is 23.9 Å². The molecule has 0 spiro atoms. The smallest absolute Gasteiger partial charge is 0.416 e. The third-order valence-corrected chi connectivity index (χ3v) is 6.24. The molecule has 0 bridgehead atoms. The van der Waals surface area contributed by atoms with Crippen molar-refractivity contribution >= 4 is 35.2 Å². The summed E-state index contributed by atoms with van der Waals surface area (Å²) in [6.45, 7) is 0.619. The van der Waals surface area contributed by atoms with Gasteiger partial charge < -0.3 is 9.53 Å². The molecule has 1 atom stereocenters. The zero-order valence-electron chi connectivity index (χ0n) is 17.9. The number of carbonyl (C=O) groups excluding carboxylic acids is 1. The monoisotopic (exact) mass is 524 g/mol. The van der Waals surface area contributed by atoms with Gasteiger partial charge in [-0.25, -0.2) is 0 Å². The lowest BCUT2D eigenvalue weighted by Crippen LogP contribution is -2.35. The Morgan fingerprint density at radius 3 is 2.46 bits per heavy atom. The van der Waals surface area contributed by atoms with E-state index < -0.39 is 22.7 Å². The Balaban J connectivity index is 1.56. The van der Waals surface area contributed by atoms with Crippen molar-refractivity contribution in [3.05, 3.63) is 97.0 Å². The second-order valence-electron chi connectivity index (χ2n) is 7.96. The number of aldehydes is 1. The molecule has 0 saturated heterocycles. The number of benzene rings is 3. The maximum Gasteiger partial charge on any atom is 0.416 e. The lowest BCUT2D eigenvalue weighted by molar-refractivity contribution is -0.384. The number of halogens is 5. The summed E-state index contributed by atoms with van der Waals surface area (Å²) in [4.78, 5) is 24.1. The summed E-state index contributed by atoms with van der Waals surface area (Å²) in [5, 5.41) is 10.9. The molecule has 1 unspecified atom stereocenters. The molecule has 35 heavy (non-hydrogen) atoms. The summed E-state index contributed by atoms with van der Waals surface area (Å²) in [7, 11) is 0. The van der Waals surface area contributed by atoms with Gasteiger partial charge in [-0.1, -0.05) is 47.5 Å². The van der Waals surface area contributed by atoms with Gasteiger partial charge in [-0.2, -0.15) is 13.2 Å². The molecule has 1 aliphatic heterocycles. The Morgan fingerprint density at radius 1 is 1.11 bits per heavy atom. The number of nitro groups is 1. The summed E-state index contributed by atoms with van der Waals surface area (Å²) < 4.78 is 45.0. The van der Waals surface area contributed by atoms with Gasteiger partial charge in [0.2, 0.25) is 0 Å². The van der Waals surface area contributed by atoms with E-state index in [1.807, 2.05) is 4.90 Å². The zero-order valence-corrected chi connectivity index (χ0v) is 19.4. The Hall–Kier alpha value is -3.14. The molecule has 0 fully saturated rings. The first-order chi connectivity index (χ1) is 16.6. The fourth-order valence-electron chi connectivity index (χ4n) is 4.04. The number of carbonyl (C=O) groups is 1. The van der Waals surface area contributed by atoms with Crippen molar-refractivity contribution < 1.29 is 27.6 Å². The van der Waals surface area contributed by atoms with Crippen molar-refractivity contribution in [1.29, 1.82) is 0 Å². The van der Waals surface area contributed by atoms with E-state index in [0.717, 1.165) is 36.1 Å². The van der Waals surface area contributed by atoms with Gasteiger partial charge in [0.15, 0.2) is 5.75 Å². The average Bonchev–Trinajstić information content (AvgIpc) is 2.80. The molecule has 1 aliphatic rings. The Morgan fingerprint density at radius 2 is 1.83 bits per heavy atom. The molecule has 0 aliphatic carbocycles. The molecule has 3 aromatic carbocycles. The van der Waals surface area contributed by atoms with Crippen molar-refractivity contribution in [2.75, 3.05) is 6.54 Å². The number of nitro benzene ring substituents is 1. The van der Waals surface area contributed by atoms with Crippen LogP contribution in [0.15, 0.2) is 54.6 Å². The number of fused-ring (bicyclic) bond motifs is 1. The van der Waals surface area contributed by atoms with Gasteiger partial charge in [0.05, 0.1) is 26.6 Å². The summed E-state index contributed by atoms with van der Waals surface area (Å²) >= 11 is 12.2. The fraction of sp³-hybridized carbons (Fsp3) is 0.208. The minimum atomic E-state index is -4.44. The van der Waals surface area contributed by atoms with E-state index in [9.17, 15) is 28.1 Å². The van der Waals surface area contributed by atoms with Crippen LogP contribution in [0.5, 0.6) is 11.5 Å². The molecule has 0 amide bonds. The molecule has 182 valence electrons. The molecule has 1 heterocycles. The van der Waals surface area contributed by atoms with Crippen molar-refractivity contribution in [3.63, 3.8) is 0 Å². The Bertz CT molecular complexity index is 1280. The molecule has 0 N–H and O–H groups in total. The van der Waals surface area contributed by atoms with E-state index in [1.165, 1.54) is 6.07 Å². The maximum atomic E-state index is 13.1. The van der Waals surface area contributed by atoms with Crippen LogP contribution in [0.25, 0.3) is 0 Å². The lowest BCUT2D eigenvalue weighted by atomic mass is 9.92. The predicted molar refractivity (Wildman–Crippen MR) is 124 cm³/mol. The predicted octanol–water partition coefficient (Wildman–Crippen LogP) is 7.01. The number of non-ortho nitro benzene ring substituents is 1. The third-order valence-electron chi connectivity index (χ3n) is 5.68. The number of ether oxygens (including phenoxy) is 1. The SMILES string of the molecule is O=CC1c2ccc(Oc3c(Cl)cc([N+](=O)[O-])cc3Cl)cc2CCN1Cc1cccc(C(F)(F)F)c1. The van der Waals surface area contributed by atoms with Gasteiger partial charge in [0.1, 0.15) is 12.0 Å². The standard InChI is InChI=1S/C24H17Cl2F3N2O4/c25-20-10-17(31(33)34)11-21(26)23(20)35-18-4-5-19-15(9-18)6-7-30(22(19)13-32)12-14-2-1-3-16(8-14)24(27,28)29/h1-5,8-11,13,22H,6-7,12H2. The number of alkyl halides is 3. The number of hydrogen-bond acceptors (Lipinski definition) is 5. The lowest BCUT2D eigenvalue weighted by Gasteiger charge is -2.34. The molecule has 4 rings (SSSR count). The summed E-state index contributed by atoms with van der Waals surface area (Å²) in [6.07, 6.45) is -3.16. The van der Waals surface area contributed by atoms with E-state index in [2.05, 4.69) is 0 Å². The fourth-order valence-corrected chi connectivity index (χ4v) is 4.59. The molecule has 3 aromatic rings.